The molecule has 70 valence electrons. The van der Waals surface area contributed by atoms with Gasteiger partial charge in [0.1, 0.15) is 0 Å². The summed E-state index contributed by atoms with van der Waals surface area (Å²) < 4.78 is 0. The lowest BCUT2D eigenvalue weighted by Gasteiger charge is -2.19. The van der Waals surface area contributed by atoms with E-state index in [1.165, 1.54) is 32.1 Å². The van der Waals surface area contributed by atoms with Gasteiger partial charge in [-0.1, -0.05) is 44.7 Å². The molecule has 0 saturated heterocycles. The van der Waals surface area contributed by atoms with Crippen LogP contribution in [0, 0.1) is 0 Å². The highest BCUT2D eigenvalue weighted by molar-refractivity contribution is 7.96. The standard InChI is InChI=1S/C9H17NOS/c11-9(12)10-8-6-4-2-1-3-5-7-8/h8H,1-7H2,(H2,10,11,12). The minimum atomic E-state index is -0.180. The van der Waals surface area contributed by atoms with Gasteiger partial charge in [0, 0.05) is 6.04 Å². The quantitative estimate of drug-likeness (QED) is 0.607. The molecule has 0 aromatic rings. The molecule has 1 rings (SSSR count). The molecule has 0 unspecified atom stereocenters. The lowest BCUT2D eigenvalue weighted by atomic mass is 9.97. The van der Waals surface area contributed by atoms with E-state index in [0.29, 0.717) is 6.04 Å². The third-order valence-electron chi connectivity index (χ3n) is 2.43. The van der Waals surface area contributed by atoms with E-state index in [4.69, 9.17) is 0 Å². The second-order valence-corrected chi connectivity index (χ2v) is 3.90. The van der Waals surface area contributed by atoms with Crippen LogP contribution in [-0.2, 0) is 0 Å². The van der Waals surface area contributed by atoms with Crippen LogP contribution in [-0.4, -0.2) is 11.3 Å². The van der Waals surface area contributed by atoms with E-state index in [1.54, 1.807) is 0 Å². The summed E-state index contributed by atoms with van der Waals surface area (Å²) in [5.41, 5.74) is 0. The van der Waals surface area contributed by atoms with Crippen LogP contribution in [0.5, 0.6) is 0 Å². The average Bonchev–Trinajstić information content (AvgIpc) is 1.93. The lowest BCUT2D eigenvalue weighted by Crippen LogP contribution is -2.31. The molecule has 1 N–H and O–H groups in total. The Hall–Kier alpha value is -0.180. The summed E-state index contributed by atoms with van der Waals surface area (Å²) in [6.07, 6.45) is 8.76. The van der Waals surface area contributed by atoms with Crippen molar-refractivity contribution in [3.8, 4) is 0 Å². The molecule has 1 saturated carbocycles. The minimum absolute atomic E-state index is 0.180. The summed E-state index contributed by atoms with van der Waals surface area (Å²) in [6.45, 7) is 0. The van der Waals surface area contributed by atoms with Crippen molar-refractivity contribution in [1.29, 1.82) is 0 Å². The molecule has 0 heterocycles. The zero-order valence-corrected chi connectivity index (χ0v) is 8.28. The predicted octanol–water partition coefficient (Wildman–Crippen LogP) is 2.74. The van der Waals surface area contributed by atoms with Crippen LogP contribution >= 0.6 is 12.6 Å². The number of hydrogen-bond donors (Lipinski definition) is 2. The molecule has 1 aliphatic rings. The Balaban J connectivity index is 2.24. The van der Waals surface area contributed by atoms with Crippen LogP contribution < -0.4 is 5.32 Å². The Morgan fingerprint density at radius 1 is 1.08 bits per heavy atom. The molecule has 0 radical (unpaired) electrons. The molecular formula is C9H17NOS. The van der Waals surface area contributed by atoms with Crippen molar-refractivity contribution < 1.29 is 4.79 Å². The molecule has 1 amide bonds. The first kappa shape index (κ1) is 9.90. The van der Waals surface area contributed by atoms with E-state index in [9.17, 15) is 4.79 Å². The van der Waals surface area contributed by atoms with Gasteiger partial charge in [-0.15, -0.1) is 0 Å². The van der Waals surface area contributed by atoms with E-state index in [0.717, 1.165) is 12.8 Å². The Labute approximate surface area is 79.5 Å². The molecule has 2 nitrogen and oxygen atoms in total. The SMILES string of the molecule is O=C(S)NC1CCCCCCC1. The van der Waals surface area contributed by atoms with Crippen LogP contribution in [0.4, 0.5) is 4.79 Å². The highest BCUT2D eigenvalue weighted by Crippen LogP contribution is 2.17. The molecule has 1 aliphatic carbocycles. The van der Waals surface area contributed by atoms with Crippen molar-refractivity contribution in [3.05, 3.63) is 0 Å². The van der Waals surface area contributed by atoms with Crippen molar-refractivity contribution in [2.75, 3.05) is 0 Å². The van der Waals surface area contributed by atoms with E-state index in [-0.39, 0.29) is 5.24 Å². The molecule has 0 aromatic heterocycles. The van der Waals surface area contributed by atoms with E-state index in [1.807, 2.05) is 0 Å². The Bertz CT molecular complexity index is 141. The molecule has 1 fully saturated rings. The Morgan fingerprint density at radius 3 is 2.08 bits per heavy atom. The van der Waals surface area contributed by atoms with Crippen LogP contribution in [0.25, 0.3) is 0 Å². The van der Waals surface area contributed by atoms with Gasteiger partial charge in [0.15, 0.2) is 0 Å². The van der Waals surface area contributed by atoms with Gasteiger partial charge in [0.05, 0.1) is 0 Å². The van der Waals surface area contributed by atoms with E-state index >= 15 is 0 Å². The van der Waals surface area contributed by atoms with Crippen LogP contribution in [0.15, 0.2) is 0 Å². The van der Waals surface area contributed by atoms with Crippen molar-refractivity contribution in [2.45, 2.75) is 51.0 Å². The summed E-state index contributed by atoms with van der Waals surface area (Å²) in [6, 6.07) is 0.385. The molecule has 0 aromatic carbocycles. The second kappa shape index (κ2) is 5.46. The molecule has 12 heavy (non-hydrogen) atoms. The Kier molecular flexibility index (Phi) is 4.51. The zero-order chi connectivity index (χ0) is 8.81. The van der Waals surface area contributed by atoms with Crippen molar-refractivity contribution in [2.24, 2.45) is 0 Å². The van der Waals surface area contributed by atoms with Gasteiger partial charge >= 0.3 is 0 Å². The smallest absolute Gasteiger partial charge is 0.276 e. The maximum absolute atomic E-state index is 10.7. The van der Waals surface area contributed by atoms with Crippen molar-refractivity contribution >= 4 is 17.9 Å². The molecule has 0 bridgehead atoms. The van der Waals surface area contributed by atoms with E-state index < -0.39 is 0 Å². The topological polar surface area (TPSA) is 29.1 Å². The van der Waals surface area contributed by atoms with Crippen LogP contribution in [0.3, 0.4) is 0 Å². The number of amides is 1. The monoisotopic (exact) mass is 187 g/mol. The number of carbonyl (C=O) groups is 1. The zero-order valence-electron chi connectivity index (χ0n) is 7.38. The molecule has 0 aliphatic heterocycles. The number of nitrogens with one attached hydrogen (secondary N) is 1. The summed E-state index contributed by atoms with van der Waals surface area (Å²) in [7, 11) is 0. The predicted molar refractivity (Wildman–Crippen MR) is 53.6 cm³/mol. The summed E-state index contributed by atoms with van der Waals surface area (Å²) in [4.78, 5) is 10.7. The second-order valence-electron chi connectivity index (χ2n) is 3.49. The fourth-order valence-electron chi connectivity index (χ4n) is 1.78. The summed E-state index contributed by atoms with van der Waals surface area (Å²) >= 11 is 3.72. The van der Waals surface area contributed by atoms with Gasteiger partial charge in [-0.05, 0) is 12.8 Å². The molecule has 0 spiro atoms. The number of carbonyl (C=O) groups excluding carboxylic acids is 1. The van der Waals surface area contributed by atoms with Gasteiger partial charge < -0.3 is 5.32 Å². The first-order valence-electron chi connectivity index (χ1n) is 4.78. The van der Waals surface area contributed by atoms with Gasteiger partial charge in [-0.25, -0.2) is 0 Å². The first-order chi connectivity index (χ1) is 5.79. The van der Waals surface area contributed by atoms with Gasteiger partial charge in [-0.3, -0.25) is 4.79 Å². The lowest BCUT2D eigenvalue weighted by molar-refractivity contribution is 0.254. The highest BCUT2D eigenvalue weighted by Gasteiger charge is 2.11. The number of hydrogen-bond acceptors (Lipinski definition) is 1. The highest BCUT2D eigenvalue weighted by atomic mass is 32.1. The fraction of sp³-hybridized carbons (Fsp3) is 0.889. The molecule has 0 atom stereocenters. The van der Waals surface area contributed by atoms with Gasteiger partial charge in [0.2, 0.25) is 0 Å². The molecule has 3 heteroatoms. The van der Waals surface area contributed by atoms with Crippen molar-refractivity contribution in [3.63, 3.8) is 0 Å². The largest absolute Gasteiger partial charge is 0.344 e. The van der Waals surface area contributed by atoms with Crippen LogP contribution in [0.2, 0.25) is 0 Å². The van der Waals surface area contributed by atoms with Crippen LogP contribution in [0.1, 0.15) is 44.9 Å². The van der Waals surface area contributed by atoms with Gasteiger partial charge in [-0.2, -0.15) is 0 Å². The fourth-order valence-corrected chi connectivity index (χ4v) is 1.96. The first-order valence-corrected chi connectivity index (χ1v) is 5.23. The third-order valence-corrected chi connectivity index (χ3v) is 2.56. The minimum Gasteiger partial charge on any atom is -0.344 e. The Morgan fingerprint density at radius 2 is 1.58 bits per heavy atom. The number of rotatable bonds is 1. The molecular weight excluding hydrogens is 170 g/mol. The number of thiol groups is 1. The third kappa shape index (κ3) is 4.00. The summed E-state index contributed by atoms with van der Waals surface area (Å²) in [5.74, 6) is 0. The van der Waals surface area contributed by atoms with Gasteiger partial charge in [0.25, 0.3) is 5.24 Å². The average molecular weight is 187 g/mol. The maximum Gasteiger partial charge on any atom is 0.276 e. The maximum atomic E-state index is 10.7. The summed E-state index contributed by atoms with van der Waals surface area (Å²) in [5, 5.41) is 2.69. The normalized spacial score (nSPS) is 21.1. The van der Waals surface area contributed by atoms with Crippen molar-refractivity contribution in [1.82, 2.24) is 5.32 Å². The van der Waals surface area contributed by atoms with E-state index in [2.05, 4.69) is 17.9 Å².